The number of amides is 2. The van der Waals surface area contributed by atoms with Crippen LogP contribution in [-0.2, 0) is 9.59 Å². The molecule has 7 heteroatoms. The number of nitrogens with zero attached hydrogens (tertiary/aromatic N) is 1. The van der Waals surface area contributed by atoms with Crippen LogP contribution in [0.15, 0.2) is 24.3 Å². The Balaban J connectivity index is 2.29. The zero-order chi connectivity index (χ0) is 15.0. The summed E-state index contributed by atoms with van der Waals surface area (Å²) in [6, 6.07) is 7.11. The lowest BCUT2D eigenvalue weighted by Gasteiger charge is -2.18. The third kappa shape index (κ3) is 5.46. The first kappa shape index (κ1) is 16.3. The second-order valence-electron chi connectivity index (χ2n) is 4.08. The highest BCUT2D eigenvalue weighted by Crippen LogP contribution is 2.22. The fourth-order valence-electron chi connectivity index (χ4n) is 1.36. The number of nitrogens with two attached hydrogens (primary N) is 1. The molecule has 0 radical (unpaired) electrons. The molecule has 0 heterocycles. The van der Waals surface area contributed by atoms with Crippen molar-refractivity contribution in [1.82, 2.24) is 10.2 Å². The summed E-state index contributed by atoms with van der Waals surface area (Å²) in [5.74, 6) is 0.0000705. The second-order valence-corrected chi connectivity index (χ2v) is 4.48. The summed E-state index contributed by atoms with van der Waals surface area (Å²) in [6.07, 6.45) is 0. The van der Waals surface area contributed by atoms with Gasteiger partial charge in [0, 0.05) is 7.05 Å². The lowest BCUT2D eigenvalue weighted by molar-refractivity contribution is -0.131. The van der Waals surface area contributed by atoms with Crippen LogP contribution >= 0.6 is 11.6 Å². The van der Waals surface area contributed by atoms with Crippen molar-refractivity contribution in [3.63, 3.8) is 0 Å². The van der Waals surface area contributed by atoms with Crippen LogP contribution in [0.2, 0.25) is 5.02 Å². The zero-order valence-corrected chi connectivity index (χ0v) is 12.0. The summed E-state index contributed by atoms with van der Waals surface area (Å²) < 4.78 is 5.47. The largest absolute Gasteiger partial charge is 0.490 e. The molecule has 1 rings (SSSR count). The first-order chi connectivity index (χ1) is 9.54. The molecule has 0 unspecified atom stereocenters. The molecule has 0 aliphatic carbocycles. The molecule has 0 aliphatic rings. The standard InChI is InChI=1S/C13H18ClN3O3/c1-17(13(19)9-16-12(18)8-15)6-7-20-11-5-3-2-4-10(11)14/h2-5H,6-9,15H2,1H3,(H,16,18). The molecule has 0 saturated carbocycles. The summed E-state index contributed by atoms with van der Waals surface area (Å²) in [4.78, 5) is 24.1. The fraction of sp³-hybridized carbons (Fsp3) is 0.385. The van der Waals surface area contributed by atoms with Crippen LogP contribution in [0.3, 0.4) is 0 Å². The van der Waals surface area contributed by atoms with Crippen LogP contribution in [0.5, 0.6) is 5.75 Å². The van der Waals surface area contributed by atoms with Crippen molar-refractivity contribution >= 4 is 23.4 Å². The average Bonchev–Trinajstić information content (AvgIpc) is 2.46. The predicted octanol–water partition coefficient (Wildman–Crippen LogP) is 0.252. The predicted molar refractivity (Wildman–Crippen MR) is 76.6 cm³/mol. The van der Waals surface area contributed by atoms with Gasteiger partial charge in [-0.3, -0.25) is 9.59 Å². The van der Waals surface area contributed by atoms with Crippen molar-refractivity contribution in [2.75, 3.05) is 33.3 Å². The molecular weight excluding hydrogens is 282 g/mol. The Hall–Kier alpha value is -1.79. The van der Waals surface area contributed by atoms with Crippen molar-refractivity contribution < 1.29 is 14.3 Å². The molecule has 0 saturated heterocycles. The number of benzene rings is 1. The number of hydrogen-bond donors (Lipinski definition) is 2. The van der Waals surface area contributed by atoms with Gasteiger partial charge in [-0.05, 0) is 12.1 Å². The van der Waals surface area contributed by atoms with Gasteiger partial charge in [0.1, 0.15) is 12.4 Å². The molecule has 0 fully saturated rings. The van der Waals surface area contributed by atoms with E-state index in [4.69, 9.17) is 22.1 Å². The Morgan fingerprint density at radius 1 is 1.40 bits per heavy atom. The Morgan fingerprint density at radius 3 is 2.75 bits per heavy atom. The number of carbonyl (C=O) groups is 2. The molecule has 20 heavy (non-hydrogen) atoms. The van der Waals surface area contributed by atoms with Gasteiger partial charge in [-0.15, -0.1) is 0 Å². The van der Waals surface area contributed by atoms with Crippen LogP contribution in [0.25, 0.3) is 0 Å². The van der Waals surface area contributed by atoms with E-state index in [0.717, 1.165) is 0 Å². The van der Waals surface area contributed by atoms with Crippen molar-refractivity contribution in [2.45, 2.75) is 0 Å². The average molecular weight is 300 g/mol. The van der Waals surface area contributed by atoms with Gasteiger partial charge >= 0.3 is 0 Å². The number of para-hydroxylation sites is 1. The van der Waals surface area contributed by atoms with E-state index >= 15 is 0 Å². The van der Waals surface area contributed by atoms with E-state index in [-0.39, 0.29) is 24.9 Å². The summed E-state index contributed by atoms with van der Waals surface area (Å²) in [5, 5.41) is 2.94. The van der Waals surface area contributed by atoms with E-state index in [9.17, 15) is 9.59 Å². The van der Waals surface area contributed by atoms with Gasteiger partial charge in [0.25, 0.3) is 0 Å². The van der Waals surface area contributed by atoms with Crippen molar-refractivity contribution in [3.05, 3.63) is 29.3 Å². The molecule has 0 atom stereocenters. The van der Waals surface area contributed by atoms with Gasteiger partial charge in [0.2, 0.25) is 11.8 Å². The van der Waals surface area contributed by atoms with Crippen molar-refractivity contribution in [2.24, 2.45) is 5.73 Å². The highest BCUT2D eigenvalue weighted by molar-refractivity contribution is 6.32. The molecule has 0 aliphatic heterocycles. The second kappa shape index (κ2) is 8.39. The molecule has 0 spiro atoms. The Morgan fingerprint density at radius 2 is 2.10 bits per heavy atom. The monoisotopic (exact) mass is 299 g/mol. The maximum Gasteiger partial charge on any atom is 0.241 e. The van der Waals surface area contributed by atoms with Gasteiger partial charge in [-0.2, -0.15) is 0 Å². The number of hydrogen-bond acceptors (Lipinski definition) is 4. The molecular formula is C13H18ClN3O3. The van der Waals surface area contributed by atoms with Gasteiger partial charge in [-0.1, -0.05) is 23.7 Å². The SMILES string of the molecule is CN(CCOc1ccccc1Cl)C(=O)CNC(=O)CN. The quantitative estimate of drug-likeness (QED) is 0.756. The number of ether oxygens (including phenoxy) is 1. The smallest absolute Gasteiger partial charge is 0.241 e. The molecule has 6 nitrogen and oxygen atoms in total. The minimum Gasteiger partial charge on any atom is -0.490 e. The first-order valence-corrected chi connectivity index (χ1v) is 6.50. The molecule has 0 aromatic heterocycles. The van der Waals surface area contributed by atoms with Crippen LogP contribution in [-0.4, -0.2) is 50.0 Å². The Bertz CT molecular complexity index is 468. The van der Waals surface area contributed by atoms with E-state index < -0.39 is 0 Å². The number of nitrogens with one attached hydrogen (secondary N) is 1. The third-order valence-electron chi connectivity index (χ3n) is 2.57. The minimum atomic E-state index is -0.362. The highest BCUT2D eigenvalue weighted by atomic mass is 35.5. The molecule has 2 amide bonds. The zero-order valence-electron chi connectivity index (χ0n) is 11.3. The van der Waals surface area contributed by atoms with Gasteiger partial charge in [0.15, 0.2) is 0 Å². The number of likely N-dealkylation sites (N-methyl/N-ethyl adjacent to an activating group) is 1. The van der Waals surface area contributed by atoms with E-state index in [1.807, 2.05) is 12.1 Å². The number of rotatable bonds is 7. The van der Waals surface area contributed by atoms with E-state index in [2.05, 4.69) is 5.32 Å². The third-order valence-corrected chi connectivity index (χ3v) is 2.88. The maximum absolute atomic E-state index is 11.7. The van der Waals surface area contributed by atoms with Crippen molar-refractivity contribution in [3.8, 4) is 5.75 Å². The lowest BCUT2D eigenvalue weighted by Crippen LogP contribution is -2.41. The Labute approximate surface area is 122 Å². The normalized spacial score (nSPS) is 9.95. The van der Waals surface area contributed by atoms with Gasteiger partial charge < -0.3 is 20.7 Å². The van der Waals surface area contributed by atoms with Crippen LogP contribution in [0.4, 0.5) is 0 Å². The molecule has 0 bridgehead atoms. The van der Waals surface area contributed by atoms with Gasteiger partial charge in [-0.25, -0.2) is 0 Å². The highest BCUT2D eigenvalue weighted by Gasteiger charge is 2.10. The topological polar surface area (TPSA) is 84.7 Å². The summed E-state index contributed by atoms with van der Waals surface area (Å²) in [7, 11) is 1.63. The molecule has 1 aromatic rings. The van der Waals surface area contributed by atoms with E-state index in [0.29, 0.717) is 23.9 Å². The summed E-state index contributed by atoms with van der Waals surface area (Å²) in [6.45, 7) is 0.505. The van der Waals surface area contributed by atoms with Crippen LogP contribution in [0, 0.1) is 0 Å². The lowest BCUT2D eigenvalue weighted by atomic mass is 10.3. The van der Waals surface area contributed by atoms with E-state index in [1.165, 1.54) is 4.90 Å². The fourth-order valence-corrected chi connectivity index (χ4v) is 1.55. The maximum atomic E-state index is 11.7. The summed E-state index contributed by atoms with van der Waals surface area (Å²) in [5.41, 5.74) is 5.12. The number of carbonyl (C=O) groups excluding carboxylic acids is 2. The van der Waals surface area contributed by atoms with Crippen molar-refractivity contribution in [1.29, 1.82) is 0 Å². The summed E-state index contributed by atoms with van der Waals surface area (Å²) >= 11 is 5.94. The molecule has 110 valence electrons. The molecule has 1 aromatic carbocycles. The first-order valence-electron chi connectivity index (χ1n) is 6.12. The van der Waals surface area contributed by atoms with Crippen LogP contribution in [0.1, 0.15) is 0 Å². The van der Waals surface area contributed by atoms with Gasteiger partial charge in [0.05, 0.1) is 24.7 Å². The van der Waals surface area contributed by atoms with E-state index in [1.54, 1.807) is 19.2 Å². The Kier molecular flexibility index (Phi) is 6.83. The minimum absolute atomic E-state index is 0.0708. The number of halogens is 1. The molecule has 3 N–H and O–H groups in total. The van der Waals surface area contributed by atoms with Crippen LogP contribution < -0.4 is 15.8 Å².